The van der Waals surface area contributed by atoms with Crippen LogP contribution in [0, 0.1) is 5.82 Å². The Morgan fingerprint density at radius 1 is 1.43 bits per heavy atom. The first-order valence-electron chi connectivity index (χ1n) is 4.71. The summed E-state index contributed by atoms with van der Waals surface area (Å²) in [6, 6.07) is 4.52. The largest absolute Gasteiger partial charge is 0.494 e. The van der Waals surface area contributed by atoms with Gasteiger partial charge in [0.05, 0.1) is 6.61 Å². The van der Waals surface area contributed by atoms with E-state index in [1.165, 1.54) is 12.1 Å². The van der Waals surface area contributed by atoms with E-state index in [1.807, 2.05) is 13.8 Å². The highest BCUT2D eigenvalue weighted by Gasteiger charge is 2.07. The molecule has 1 aromatic carbocycles. The van der Waals surface area contributed by atoms with Crippen LogP contribution in [0.5, 0.6) is 5.75 Å². The van der Waals surface area contributed by atoms with Crippen molar-refractivity contribution in [1.82, 2.24) is 0 Å². The van der Waals surface area contributed by atoms with Crippen LogP contribution in [0.25, 0.3) is 0 Å². The van der Waals surface area contributed by atoms with Gasteiger partial charge in [-0.3, -0.25) is 0 Å². The van der Waals surface area contributed by atoms with Crippen molar-refractivity contribution >= 4 is 0 Å². The fourth-order valence-corrected chi connectivity index (χ4v) is 1.22. The molecule has 3 heteroatoms. The van der Waals surface area contributed by atoms with E-state index in [9.17, 15) is 4.39 Å². The maximum Gasteiger partial charge on any atom is 0.127 e. The van der Waals surface area contributed by atoms with Gasteiger partial charge in [0, 0.05) is 18.6 Å². The van der Waals surface area contributed by atoms with E-state index in [0.717, 1.165) is 5.56 Å². The quantitative estimate of drug-likeness (QED) is 0.804. The van der Waals surface area contributed by atoms with Crippen molar-refractivity contribution in [1.29, 1.82) is 0 Å². The molecular weight excluding hydrogens is 183 g/mol. The highest BCUT2D eigenvalue weighted by Crippen LogP contribution is 2.22. The Labute approximate surface area is 83.3 Å². The predicted octanol–water partition coefficient (Wildman–Crippen LogP) is 2.32. The standard InChI is InChI=1S/C11H15FO2/c1-3-14-11-5-9(8(2)7-13)4-10(12)6-11/h4-6,8,13H,3,7H2,1-2H3. The average molecular weight is 198 g/mol. The maximum absolute atomic E-state index is 13.1. The smallest absolute Gasteiger partial charge is 0.127 e. The minimum absolute atomic E-state index is 0.00895. The molecule has 1 N–H and O–H groups in total. The molecule has 78 valence electrons. The first-order valence-corrected chi connectivity index (χ1v) is 4.71. The van der Waals surface area contributed by atoms with Crippen LogP contribution in [0.4, 0.5) is 4.39 Å². The number of hydrogen-bond acceptors (Lipinski definition) is 2. The second-order valence-electron chi connectivity index (χ2n) is 3.24. The number of aliphatic hydroxyl groups is 1. The molecule has 0 amide bonds. The van der Waals surface area contributed by atoms with Gasteiger partial charge < -0.3 is 9.84 Å². The van der Waals surface area contributed by atoms with E-state index in [-0.39, 0.29) is 18.3 Å². The first-order chi connectivity index (χ1) is 6.67. The van der Waals surface area contributed by atoms with Gasteiger partial charge in [0.2, 0.25) is 0 Å². The molecule has 1 unspecified atom stereocenters. The molecule has 0 aliphatic carbocycles. The number of hydrogen-bond donors (Lipinski definition) is 1. The Bertz CT molecular complexity index is 299. The molecule has 0 aliphatic heterocycles. The van der Waals surface area contributed by atoms with E-state index >= 15 is 0 Å². The van der Waals surface area contributed by atoms with E-state index < -0.39 is 0 Å². The Morgan fingerprint density at radius 3 is 2.71 bits per heavy atom. The summed E-state index contributed by atoms with van der Waals surface area (Å²) in [6.45, 7) is 4.20. The molecular formula is C11H15FO2. The highest BCUT2D eigenvalue weighted by molar-refractivity contribution is 5.31. The van der Waals surface area contributed by atoms with Crippen LogP contribution >= 0.6 is 0 Å². The van der Waals surface area contributed by atoms with Crippen molar-refractivity contribution in [3.63, 3.8) is 0 Å². The first kappa shape index (κ1) is 11.0. The lowest BCUT2D eigenvalue weighted by Crippen LogP contribution is -2.01. The zero-order valence-corrected chi connectivity index (χ0v) is 8.46. The topological polar surface area (TPSA) is 29.5 Å². The van der Waals surface area contributed by atoms with Gasteiger partial charge in [-0.25, -0.2) is 4.39 Å². The summed E-state index contributed by atoms with van der Waals surface area (Å²) in [7, 11) is 0. The number of aliphatic hydroxyl groups excluding tert-OH is 1. The molecule has 14 heavy (non-hydrogen) atoms. The summed E-state index contributed by atoms with van der Waals surface area (Å²) in [5.74, 6) is 0.124. The molecule has 1 aromatic rings. The van der Waals surface area contributed by atoms with Crippen molar-refractivity contribution < 1.29 is 14.2 Å². The van der Waals surface area contributed by atoms with Gasteiger partial charge in [0.25, 0.3) is 0 Å². The monoisotopic (exact) mass is 198 g/mol. The molecule has 0 aliphatic rings. The van der Waals surface area contributed by atoms with Crippen LogP contribution in [0.2, 0.25) is 0 Å². The second kappa shape index (κ2) is 4.96. The lowest BCUT2D eigenvalue weighted by molar-refractivity contribution is 0.272. The normalized spacial score (nSPS) is 12.6. The van der Waals surface area contributed by atoms with Crippen LogP contribution in [-0.2, 0) is 0 Å². The average Bonchev–Trinajstić information content (AvgIpc) is 2.16. The molecule has 0 spiro atoms. The van der Waals surface area contributed by atoms with Crippen LogP contribution in [0.15, 0.2) is 18.2 Å². The Hall–Kier alpha value is -1.09. The van der Waals surface area contributed by atoms with Gasteiger partial charge in [-0.1, -0.05) is 6.92 Å². The lowest BCUT2D eigenvalue weighted by atomic mass is 10.0. The molecule has 0 bridgehead atoms. The molecule has 0 fully saturated rings. The van der Waals surface area contributed by atoms with E-state index in [2.05, 4.69) is 0 Å². The fourth-order valence-electron chi connectivity index (χ4n) is 1.22. The second-order valence-corrected chi connectivity index (χ2v) is 3.24. The van der Waals surface area contributed by atoms with Gasteiger partial charge in [0.1, 0.15) is 11.6 Å². The van der Waals surface area contributed by atoms with E-state index in [1.54, 1.807) is 6.07 Å². The lowest BCUT2D eigenvalue weighted by Gasteiger charge is -2.10. The Morgan fingerprint density at radius 2 is 2.14 bits per heavy atom. The minimum atomic E-state index is -0.328. The molecule has 1 atom stereocenters. The van der Waals surface area contributed by atoms with Crippen LogP contribution in [0.3, 0.4) is 0 Å². The predicted molar refractivity (Wildman–Crippen MR) is 53.1 cm³/mol. The molecule has 0 saturated carbocycles. The van der Waals surface area contributed by atoms with Crippen molar-refractivity contribution in [3.05, 3.63) is 29.6 Å². The van der Waals surface area contributed by atoms with Crippen molar-refractivity contribution in [2.75, 3.05) is 13.2 Å². The zero-order valence-electron chi connectivity index (χ0n) is 8.46. The summed E-state index contributed by atoms with van der Waals surface area (Å²) < 4.78 is 18.3. The fraction of sp³-hybridized carbons (Fsp3) is 0.455. The SMILES string of the molecule is CCOc1cc(F)cc(C(C)CO)c1. The van der Waals surface area contributed by atoms with E-state index in [4.69, 9.17) is 9.84 Å². The Balaban J connectivity index is 2.94. The van der Waals surface area contributed by atoms with Gasteiger partial charge in [0.15, 0.2) is 0 Å². The molecule has 0 saturated heterocycles. The third kappa shape index (κ3) is 2.70. The molecule has 2 nitrogen and oxygen atoms in total. The van der Waals surface area contributed by atoms with Gasteiger partial charge in [-0.2, -0.15) is 0 Å². The highest BCUT2D eigenvalue weighted by atomic mass is 19.1. The number of halogens is 1. The summed E-state index contributed by atoms with van der Waals surface area (Å²) in [5.41, 5.74) is 0.760. The van der Waals surface area contributed by atoms with Crippen molar-refractivity contribution in [2.24, 2.45) is 0 Å². The maximum atomic E-state index is 13.1. The van der Waals surface area contributed by atoms with Gasteiger partial charge in [-0.05, 0) is 24.6 Å². The van der Waals surface area contributed by atoms with Crippen LogP contribution in [0.1, 0.15) is 25.3 Å². The van der Waals surface area contributed by atoms with Crippen molar-refractivity contribution in [2.45, 2.75) is 19.8 Å². The summed E-state index contributed by atoms with van der Waals surface area (Å²) >= 11 is 0. The molecule has 1 rings (SSSR count). The van der Waals surface area contributed by atoms with Crippen molar-refractivity contribution in [3.8, 4) is 5.75 Å². The number of benzene rings is 1. The molecule has 0 radical (unpaired) electrons. The Kier molecular flexibility index (Phi) is 3.89. The van der Waals surface area contributed by atoms with Gasteiger partial charge >= 0.3 is 0 Å². The zero-order chi connectivity index (χ0) is 10.6. The minimum Gasteiger partial charge on any atom is -0.494 e. The molecule has 0 aromatic heterocycles. The number of ether oxygens (including phenoxy) is 1. The van der Waals surface area contributed by atoms with E-state index in [0.29, 0.717) is 12.4 Å². The van der Waals surface area contributed by atoms with Crippen LogP contribution < -0.4 is 4.74 Å². The van der Waals surface area contributed by atoms with Crippen LogP contribution in [-0.4, -0.2) is 18.3 Å². The third-order valence-electron chi connectivity index (χ3n) is 2.05. The van der Waals surface area contributed by atoms with Gasteiger partial charge in [-0.15, -0.1) is 0 Å². The summed E-state index contributed by atoms with van der Waals surface area (Å²) in [4.78, 5) is 0. The summed E-state index contributed by atoms with van der Waals surface area (Å²) in [5, 5.41) is 8.94. The molecule has 0 heterocycles. The number of rotatable bonds is 4. The summed E-state index contributed by atoms with van der Waals surface area (Å²) in [6.07, 6.45) is 0. The third-order valence-corrected chi connectivity index (χ3v) is 2.05.